The van der Waals surface area contributed by atoms with Crippen molar-refractivity contribution in [2.24, 2.45) is 0 Å². The van der Waals surface area contributed by atoms with Gasteiger partial charge >= 0.3 is 0 Å². The van der Waals surface area contributed by atoms with Crippen molar-refractivity contribution in [3.05, 3.63) is 29.6 Å². The lowest BCUT2D eigenvalue weighted by molar-refractivity contribution is -0.128. The van der Waals surface area contributed by atoms with E-state index in [1.807, 2.05) is 26.1 Å². The Morgan fingerprint density at radius 3 is 2.88 bits per heavy atom. The summed E-state index contributed by atoms with van der Waals surface area (Å²) in [5.74, 6) is 0.0466. The average Bonchev–Trinajstić information content (AvgIpc) is 2.23. The van der Waals surface area contributed by atoms with Gasteiger partial charge in [-0.1, -0.05) is 0 Å². The largest absolute Gasteiger partial charge is 0.353 e. The fourth-order valence-corrected chi connectivity index (χ4v) is 2.00. The molecule has 86 valence electrons. The van der Waals surface area contributed by atoms with Gasteiger partial charge in [0.2, 0.25) is 5.91 Å². The van der Waals surface area contributed by atoms with E-state index >= 15 is 0 Å². The molecule has 2 heterocycles. The molecule has 1 aliphatic heterocycles. The number of carbonyl (C=O) groups is 1. The van der Waals surface area contributed by atoms with Crippen molar-refractivity contribution in [3.63, 3.8) is 0 Å². The molecule has 0 aliphatic carbocycles. The smallest absolute Gasteiger partial charge is 0.239 e. The zero-order valence-electron chi connectivity index (χ0n) is 9.87. The summed E-state index contributed by atoms with van der Waals surface area (Å²) in [7, 11) is 0. The third-order valence-corrected chi connectivity index (χ3v) is 3.02. The first-order chi connectivity index (χ1) is 7.50. The highest BCUT2D eigenvalue weighted by molar-refractivity contribution is 5.86. The van der Waals surface area contributed by atoms with Gasteiger partial charge in [-0.2, -0.15) is 0 Å². The van der Waals surface area contributed by atoms with Crippen LogP contribution in [0, 0.1) is 6.92 Å². The molecule has 0 aromatic carbocycles. The number of aromatic nitrogens is 1. The fraction of sp³-hybridized carbons (Fsp3) is 0.500. The van der Waals surface area contributed by atoms with Crippen LogP contribution in [0.5, 0.6) is 0 Å². The van der Waals surface area contributed by atoms with Crippen LogP contribution in [0.15, 0.2) is 18.5 Å². The summed E-state index contributed by atoms with van der Waals surface area (Å²) in [6.07, 6.45) is 3.64. The molecule has 4 nitrogen and oxygen atoms in total. The minimum Gasteiger partial charge on any atom is -0.353 e. The van der Waals surface area contributed by atoms with E-state index in [0.29, 0.717) is 6.54 Å². The molecule has 1 unspecified atom stereocenters. The van der Waals surface area contributed by atoms with Gasteiger partial charge in [-0.05, 0) is 38.0 Å². The maximum Gasteiger partial charge on any atom is 0.239 e. The lowest BCUT2D eigenvalue weighted by Gasteiger charge is -2.36. The van der Waals surface area contributed by atoms with Gasteiger partial charge in [0.25, 0.3) is 0 Å². The molecule has 0 radical (unpaired) electrons. The quantitative estimate of drug-likeness (QED) is 0.738. The molecule has 2 N–H and O–H groups in total. The van der Waals surface area contributed by atoms with E-state index in [1.54, 1.807) is 6.20 Å². The van der Waals surface area contributed by atoms with Crippen molar-refractivity contribution in [2.75, 3.05) is 6.54 Å². The number of rotatable bonds is 1. The second-order valence-electron chi connectivity index (χ2n) is 4.76. The molecule has 0 saturated carbocycles. The maximum absolute atomic E-state index is 11.6. The topological polar surface area (TPSA) is 54.0 Å². The van der Waals surface area contributed by atoms with Crippen molar-refractivity contribution >= 4 is 5.91 Å². The molecule has 16 heavy (non-hydrogen) atoms. The van der Waals surface area contributed by atoms with E-state index in [1.165, 1.54) is 5.56 Å². The number of carbonyl (C=O) groups excluding carboxylic acids is 1. The van der Waals surface area contributed by atoms with E-state index in [2.05, 4.69) is 22.5 Å². The first-order valence-corrected chi connectivity index (χ1v) is 5.47. The first kappa shape index (κ1) is 11.1. The van der Waals surface area contributed by atoms with Gasteiger partial charge in [0.05, 0.1) is 11.6 Å². The normalized spacial score (nSPS) is 23.9. The number of hydrogen-bond acceptors (Lipinski definition) is 3. The SMILES string of the molecule is Cc1ccncc1C1CNC(=O)C(C)(C)N1. The van der Waals surface area contributed by atoms with Gasteiger partial charge in [0.15, 0.2) is 0 Å². The van der Waals surface area contributed by atoms with E-state index in [9.17, 15) is 4.79 Å². The van der Waals surface area contributed by atoms with Crippen LogP contribution in [0.2, 0.25) is 0 Å². The maximum atomic E-state index is 11.6. The predicted molar refractivity (Wildman–Crippen MR) is 61.9 cm³/mol. The number of nitrogens with one attached hydrogen (secondary N) is 2. The molecular weight excluding hydrogens is 202 g/mol. The van der Waals surface area contributed by atoms with Gasteiger partial charge in [0, 0.05) is 18.9 Å². The Labute approximate surface area is 95.5 Å². The van der Waals surface area contributed by atoms with Gasteiger partial charge in [0.1, 0.15) is 0 Å². The van der Waals surface area contributed by atoms with Crippen LogP contribution in [-0.2, 0) is 4.79 Å². The Kier molecular flexibility index (Phi) is 2.68. The van der Waals surface area contributed by atoms with Crippen LogP contribution in [0.4, 0.5) is 0 Å². The second kappa shape index (κ2) is 3.87. The van der Waals surface area contributed by atoms with Crippen molar-refractivity contribution in [3.8, 4) is 0 Å². The molecule has 1 atom stereocenters. The third-order valence-electron chi connectivity index (χ3n) is 3.02. The third kappa shape index (κ3) is 1.93. The van der Waals surface area contributed by atoms with Crippen LogP contribution in [-0.4, -0.2) is 23.0 Å². The Balaban J connectivity index is 2.25. The molecule has 0 bridgehead atoms. The zero-order valence-corrected chi connectivity index (χ0v) is 9.87. The minimum atomic E-state index is -0.523. The second-order valence-corrected chi connectivity index (χ2v) is 4.76. The number of nitrogens with zero attached hydrogens (tertiary/aromatic N) is 1. The summed E-state index contributed by atoms with van der Waals surface area (Å²) < 4.78 is 0. The molecule has 0 spiro atoms. The molecule has 1 aromatic rings. The van der Waals surface area contributed by atoms with E-state index < -0.39 is 5.54 Å². The monoisotopic (exact) mass is 219 g/mol. The van der Waals surface area contributed by atoms with Gasteiger partial charge in [-0.3, -0.25) is 15.1 Å². The Hall–Kier alpha value is -1.42. The summed E-state index contributed by atoms with van der Waals surface area (Å²) in [6.45, 7) is 6.46. The Morgan fingerprint density at radius 2 is 2.25 bits per heavy atom. The Morgan fingerprint density at radius 1 is 1.50 bits per heavy atom. The molecule has 1 amide bonds. The molecule has 1 fully saturated rings. The predicted octanol–water partition coefficient (Wildman–Crippen LogP) is 0.929. The lowest BCUT2D eigenvalue weighted by atomic mass is 9.94. The highest BCUT2D eigenvalue weighted by atomic mass is 16.2. The first-order valence-electron chi connectivity index (χ1n) is 5.47. The van der Waals surface area contributed by atoms with Gasteiger partial charge in [-0.15, -0.1) is 0 Å². The van der Waals surface area contributed by atoms with Crippen molar-refractivity contribution in [1.29, 1.82) is 0 Å². The number of aryl methyl sites for hydroxylation is 1. The standard InChI is InChI=1S/C12H17N3O/c1-8-4-5-13-6-9(8)10-7-14-11(16)12(2,3)15-10/h4-6,10,15H,7H2,1-3H3,(H,14,16). The van der Waals surface area contributed by atoms with Crippen LogP contribution in [0.3, 0.4) is 0 Å². The van der Waals surface area contributed by atoms with E-state index in [0.717, 1.165) is 5.56 Å². The number of hydrogen-bond donors (Lipinski definition) is 2. The van der Waals surface area contributed by atoms with Gasteiger partial charge in [-0.25, -0.2) is 0 Å². The molecule has 1 saturated heterocycles. The summed E-state index contributed by atoms with van der Waals surface area (Å²) in [6, 6.07) is 2.13. The van der Waals surface area contributed by atoms with E-state index in [-0.39, 0.29) is 11.9 Å². The van der Waals surface area contributed by atoms with Crippen molar-refractivity contribution in [1.82, 2.24) is 15.6 Å². The molecule has 1 aromatic heterocycles. The van der Waals surface area contributed by atoms with Crippen LogP contribution in [0.1, 0.15) is 31.0 Å². The highest BCUT2D eigenvalue weighted by Gasteiger charge is 2.35. The Bertz CT molecular complexity index is 414. The fourth-order valence-electron chi connectivity index (χ4n) is 2.00. The van der Waals surface area contributed by atoms with Gasteiger partial charge < -0.3 is 5.32 Å². The van der Waals surface area contributed by atoms with Crippen LogP contribution >= 0.6 is 0 Å². The summed E-state index contributed by atoms with van der Waals surface area (Å²) in [4.78, 5) is 15.7. The number of amides is 1. The highest BCUT2D eigenvalue weighted by Crippen LogP contribution is 2.22. The molecule has 4 heteroatoms. The number of pyridine rings is 1. The van der Waals surface area contributed by atoms with Crippen molar-refractivity contribution < 1.29 is 4.79 Å². The van der Waals surface area contributed by atoms with Crippen molar-refractivity contribution in [2.45, 2.75) is 32.4 Å². The summed E-state index contributed by atoms with van der Waals surface area (Å²) in [5.41, 5.74) is 1.82. The van der Waals surface area contributed by atoms with Crippen LogP contribution in [0.25, 0.3) is 0 Å². The van der Waals surface area contributed by atoms with Crippen LogP contribution < -0.4 is 10.6 Å². The summed E-state index contributed by atoms with van der Waals surface area (Å²) in [5, 5.41) is 6.27. The minimum absolute atomic E-state index is 0.0466. The number of piperazine rings is 1. The molecular formula is C12H17N3O. The average molecular weight is 219 g/mol. The molecule has 2 rings (SSSR count). The molecule has 1 aliphatic rings. The summed E-state index contributed by atoms with van der Waals surface area (Å²) >= 11 is 0. The zero-order chi connectivity index (χ0) is 11.8. The lowest BCUT2D eigenvalue weighted by Crippen LogP contribution is -2.60. The van der Waals surface area contributed by atoms with E-state index in [4.69, 9.17) is 0 Å².